The molecule has 0 fully saturated rings. The lowest BCUT2D eigenvalue weighted by molar-refractivity contribution is 0.0547. The van der Waals surface area contributed by atoms with Crippen molar-refractivity contribution in [1.82, 2.24) is 5.32 Å². The van der Waals surface area contributed by atoms with Gasteiger partial charge in [-0.05, 0) is 37.2 Å². The normalized spacial score (nSPS) is 14.6. The van der Waals surface area contributed by atoms with E-state index < -0.39 is 0 Å². The Labute approximate surface area is 119 Å². The number of hydrogen-bond acceptors (Lipinski definition) is 3. The molecule has 20 heavy (non-hydrogen) atoms. The van der Waals surface area contributed by atoms with Gasteiger partial charge in [0.25, 0.3) is 0 Å². The maximum Gasteiger partial charge on any atom is 0.134 e. The van der Waals surface area contributed by atoms with Crippen LogP contribution in [0, 0.1) is 5.82 Å². The van der Waals surface area contributed by atoms with Gasteiger partial charge in [0, 0.05) is 12.5 Å². The molecule has 2 rings (SSSR count). The van der Waals surface area contributed by atoms with Crippen LogP contribution < -0.4 is 5.32 Å². The largest absolute Gasteiger partial charge is 0.459 e. The molecule has 0 saturated carbocycles. The minimum absolute atomic E-state index is 0.0135. The molecule has 4 heteroatoms. The van der Waals surface area contributed by atoms with Crippen LogP contribution in [0.2, 0.25) is 0 Å². The Balaban J connectivity index is 2.34. The standard InChI is InChI=1S/C16H22FNO2/c1-4-6-14(19-3)16(18-5-2)15-10-11-9-12(17)7-8-13(11)20-15/h7-10,14,16,18H,4-6H2,1-3H3. The van der Waals surface area contributed by atoms with E-state index in [-0.39, 0.29) is 18.0 Å². The summed E-state index contributed by atoms with van der Waals surface area (Å²) in [7, 11) is 1.72. The molecule has 0 spiro atoms. The number of furan rings is 1. The van der Waals surface area contributed by atoms with Gasteiger partial charge in [0.2, 0.25) is 0 Å². The Morgan fingerprint density at radius 1 is 1.30 bits per heavy atom. The fourth-order valence-electron chi connectivity index (χ4n) is 2.53. The van der Waals surface area contributed by atoms with E-state index in [9.17, 15) is 4.39 Å². The molecule has 1 aromatic heterocycles. The highest BCUT2D eigenvalue weighted by Gasteiger charge is 2.25. The van der Waals surface area contributed by atoms with E-state index in [0.29, 0.717) is 5.58 Å². The molecule has 2 aromatic rings. The summed E-state index contributed by atoms with van der Waals surface area (Å²) >= 11 is 0. The predicted molar refractivity (Wildman–Crippen MR) is 78.3 cm³/mol. The van der Waals surface area contributed by atoms with Gasteiger partial charge in [-0.1, -0.05) is 20.3 Å². The van der Waals surface area contributed by atoms with Crippen molar-refractivity contribution in [3.05, 3.63) is 35.8 Å². The Hall–Kier alpha value is -1.39. The smallest absolute Gasteiger partial charge is 0.134 e. The van der Waals surface area contributed by atoms with Crippen molar-refractivity contribution >= 4 is 11.0 Å². The summed E-state index contributed by atoms with van der Waals surface area (Å²) in [6, 6.07) is 6.46. The average Bonchev–Trinajstić information content (AvgIpc) is 2.85. The molecular formula is C16H22FNO2. The molecule has 0 amide bonds. The number of likely N-dealkylation sites (N-methyl/N-ethyl adjacent to an activating group) is 1. The maximum atomic E-state index is 13.3. The molecule has 2 unspecified atom stereocenters. The van der Waals surface area contributed by atoms with Crippen LogP contribution in [0.4, 0.5) is 4.39 Å². The van der Waals surface area contributed by atoms with Gasteiger partial charge < -0.3 is 14.5 Å². The van der Waals surface area contributed by atoms with Crippen molar-refractivity contribution in [3.8, 4) is 0 Å². The monoisotopic (exact) mass is 279 g/mol. The second-order valence-corrected chi connectivity index (χ2v) is 4.93. The molecular weight excluding hydrogens is 257 g/mol. The van der Waals surface area contributed by atoms with Crippen LogP contribution in [0.3, 0.4) is 0 Å². The highest BCUT2D eigenvalue weighted by Crippen LogP contribution is 2.28. The second-order valence-electron chi connectivity index (χ2n) is 4.93. The number of rotatable bonds is 7. The number of ether oxygens (including phenoxy) is 1. The Kier molecular flexibility index (Phi) is 5.15. The fourth-order valence-corrected chi connectivity index (χ4v) is 2.53. The molecule has 0 aliphatic carbocycles. The minimum atomic E-state index is -0.248. The molecule has 0 bridgehead atoms. The molecule has 1 aromatic carbocycles. The van der Waals surface area contributed by atoms with Crippen LogP contribution in [0.5, 0.6) is 0 Å². The number of hydrogen-bond donors (Lipinski definition) is 1. The quantitative estimate of drug-likeness (QED) is 0.830. The summed E-state index contributed by atoms with van der Waals surface area (Å²) in [5.74, 6) is 0.550. The first-order chi connectivity index (χ1) is 9.69. The minimum Gasteiger partial charge on any atom is -0.459 e. The van der Waals surface area contributed by atoms with Gasteiger partial charge in [-0.3, -0.25) is 0 Å². The van der Waals surface area contributed by atoms with E-state index in [1.807, 2.05) is 13.0 Å². The van der Waals surface area contributed by atoms with E-state index >= 15 is 0 Å². The van der Waals surface area contributed by atoms with E-state index in [4.69, 9.17) is 9.15 Å². The van der Waals surface area contributed by atoms with Gasteiger partial charge in [-0.2, -0.15) is 0 Å². The SMILES string of the molecule is CCCC(OC)C(NCC)c1cc2cc(F)ccc2o1. The van der Waals surface area contributed by atoms with Gasteiger partial charge in [-0.15, -0.1) is 0 Å². The maximum absolute atomic E-state index is 13.3. The van der Waals surface area contributed by atoms with Crippen molar-refractivity contribution < 1.29 is 13.5 Å². The third kappa shape index (κ3) is 3.19. The molecule has 0 radical (unpaired) electrons. The van der Waals surface area contributed by atoms with Crippen molar-refractivity contribution in [2.45, 2.75) is 38.8 Å². The number of fused-ring (bicyclic) bond motifs is 1. The van der Waals surface area contributed by atoms with Gasteiger partial charge in [0.1, 0.15) is 17.2 Å². The fraction of sp³-hybridized carbons (Fsp3) is 0.500. The first-order valence-corrected chi connectivity index (χ1v) is 7.14. The van der Waals surface area contributed by atoms with Crippen LogP contribution in [0.15, 0.2) is 28.7 Å². The van der Waals surface area contributed by atoms with Crippen LogP contribution in [0.25, 0.3) is 11.0 Å². The van der Waals surface area contributed by atoms with Crippen LogP contribution in [-0.2, 0) is 4.74 Å². The summed E-state index contributed by atoms with van der Waals surface area (Å²) in [4.78, 5) is 0. The number of methoxy groups -OCH3 is 1. The van der Waals surface area contributed by atoms with E-state index in [0.717, 1.165) is 30.5 Å². The second kappa shape index (κ2) is 6.86. The lowest BCUT2D eigenvalue weighted by Gasteiger charge is -2.24. The number of benzene rings is 1. The zero-order valence-corrected chi connectivity index (χ0v) is 12.3. The van der Waals surface area contributed by atoms with E-state index in [1.165, 1.54) is 12.1 Å². The van der Waals surface area contributed by atoms with Crippen LogP contribution in [-0.4, -0.2) is 19.8 Å². The average molecular weight is 279 g/mol. The Morgan fingerprint density at radius 3 is 2.75 bits per heavy atom. The van der Waals surface area contributed by atoms with E-state index in [2.05, 4.69) is 12.2 Å². The highest BCUT2D eigenvalue weighted by molar-refractivity contribution is 5.78. The van der Waals surface area contributed by atoms with Crippen LogP contribution >= 0.6 is 0 Å². The molecule has 1 heterocycles. The molecule has 0 saturated heterocycles. The topological polar surface area (TPSA) is 34.4 Å². The summed E-state index contributed by atoms with van der Waals surface area (Å²) in [5.41, 5.74) is 0.704. The molecule has 1 N–H and O–H groups in total. The zero-order chi connectivity index (χ0) is 14.5. The molecule has 0 aliphatic rings. The molecule has 110 valence electrons. The van der Waals surface area contributed by atoms with Crippen molar-refractivity contribution in [2.24, 2.45) is 0 Å². The van der Waals surface area contributed by atoms with E-state index in [1.54, 1.807) is 13.2 Å². The van der Waals surface area contributed by atoms with Crippen molar-refractivity contribution in [2.75, 3.05) is 13.7 Å². The Bertz CT molecular complexity index is 552. The molecule has 0 aliphatic heterocycles. The summed E-state index contributed by atoms with van der Waals surface area (Å²) in [6.07, 6.45) is 2.03. The van der Waals surface area contributed by atoms with Gasteiger partial charge in [0.15, 0.2) is 0 Å². The Morgan fingerprint density at radius 2 is 2.10 bits per heavy atom. The zero-order valence-electron chi connectivity index (χ0n) is 12.3. The summed E-state index contributed by atoms with van der Waals surface area (Å²) in [6.45, 7) is 5.00. The highest BCUT2D eigenvalue weighted by atomic mass is 19.1. The lowest BCUT2D eigenvalue weighted by Crippen LogP contribution is -2.32. The van der Waals surface area contributed by atoms with Crippen molar-refractivity contribution in [1.29, 1.82) is 0 Å². The number of halogens is 1. The predicted octanol–water partition coefficient (Wildman–Crippen LogP) is 4.04. The molecule has 2 atom stereocenters. The third-order valence-electron chi connectivity index (χ3n) is 3.48. The van der Waals surface area contributed by atoms with Gasteiger partial charge >= 0.3 is 0 Å². The molecule has 3 nitrogen and oxygen atoms in total. The van der Waals surface area contributed by atoms with Crippen LogP contribution in [0.1, 0.15) is 38.5 Å². The van der Waals surface area contributed by atoms with Crippen molar-refractivity contribution in [3.63, 3.8) is 0 Å². The lowest BCUT2D eigenvalue weighted by atomic mass is 10.0. The van der Waals surface area contributed by atoms with Gasteiger partial charge in [-0.25, -0.2) is 4.39 Å². The number of nitrogens with one attached hydrogen (secondary N) is 1. The first kappa shape index (κ1) is 15.0. The summed E-state index contributed by atoms with van der Waals surface area (Å²) in [5, 5.41) is 4.18. The van der Waals surface area contributed by atoms with Gasteiger partial charge in [0.05, 0.1) is 12.1 Å². The summed E-state index contributed by atoms with van der Waals surface area (Å²) < 4.78 is 24.7. The third-order valence-corrected chi connectivity index (χ3v) is 3.48. The first-order valence-electron chi connectivity index (χ1n) is 7.14.